The normalized spacial score (nSPS) is 11.1. The number of hydrogen-bond donors (Lipinski definition) is 0. The van der Waals surface area contributed by atoms with Crippen LogP contribution in [0.4, 0.5) is 0 Å². The Labute approximate surface area is 77.5 Å². The van der Waals surface area contributed by atoms with Gasteiger partial charge in [-0.25, -0.2) is 0 Å². The summed E-state index contributed by atoms with van der Waals surface area (Å²) in [7, 11) is 0.894. The van der Waals surface area contributed by atoms with E-state index in [1.165, 1.54) is 22.4 Å². The van der Waals surface area contributed by atoms with Crippen LogP contribution >= 0.6 is 24.5 Å². The maximum atomic E-state index is 4.08. The van der Waals surface area contributed by atoms with Gasteiger partial charge in [-0.15, -0.1) is 0 Å². The van der Waals surface area contributed by atoms with Gasteiger partial charge in [0.15, 0.2) is 0 Å². The SMILES string of the molecule is CCCPc1cnccc1Br. The highest BCUT2D eigenvalue weighted by atomic mass is 79.9. The lowest BCUT2D eigenvalue weighted by atomic mass is 10.5. The maximum absolute atomic E-state index is 4.08. The zero-order valence-electron chi connectivity index (χ0n) is 6.47. The first kappa shape index (κ1) is 9.15. The summed E-state index contributed by atoms with van der Waals surface area (Å²) >= 11 is 3.49. The fourth-order valence-electron chi connectivity index (χ4n) is 0.767. The molecule has 11 heavy (non-hydrogen) atoms. The lowest BCUT2D eigenvalue weighted by Gasteiger charge is -2.00. The number of hydrogen-bond acceptors (Lipinski definition) is 1. The molecule has 1 atom stereocenters. The molecule has 0 aliphatic rings. The van der Waals surface area contributed by atoms with Gasteiger partial charge < -0.3 is 0 Å². The third-order valence-corrected chi connectivity index (χ3v) is 3.92. The van der Waals surface area contributed by atoms with Crippen LogP contribution in [-0.4, -0.2) is 11.1 Å². The average molecular weight is 232 g/mol. The van der Waals surface area contributed by atoms with Gasteiger partial charge in [0.2, 0.25) is 0 Å². The summed E-state index contributed by atoms with van der Waals surface area (Å²) in [4.78, 5) is 4.08. The zero-order valence-corrected chi connectivity index (χ0v) is 9.06. The van der Waals surface area contributed by atoms with Crippen molar-refractivity contribution in [2.24, 2.45) is 0 Å². The smallest absolute Gasteiger partial charge is 0.0353 e. The molecule has 1 heterocycles. The van der Waals surface area contributed by atoms with Crippen molar-refractivity contribution < 1.29 is 0 Å². The van der Waals surface area contributed by atoms with E-state index in [9.17, 15) is 0 Å². The van der Waals surface area contributed by atoms with Crippen molar-refractivity contribution in [3.63, 3.8) is 0 Å². The van der Waals surface area contributed by atoms with Crippen LogP contribution in [0.2, 0.25) is 0 Å². The van der Waals surface area contributed by atoms with E-state index in [1.54, 1.807) is 0 Å². The van der Waals surface area contributed by atoms with Crippen molar-refractivity contribution in [2.75, 3.05) is 6.16 Å². The highest BCUT2D eigenvalue weighted by molar-refractivity contribution is 9.10. The molecule has 1 rings (SSSR count). The second-order valence-corrected chi connectivity index (χ2v) is 4.53. The first-order chi connectivity index (χ1) is 5.34. The highest BCUT2D eigenvalue weighted by Gasteiger charge is 1.96. The minimum Gasteiger partial charge on any atom is -0.264 e. The molecule has 0 saturated carbocycles. The van der Waals surface area contributed by atoms with Gasteiger partial charge in [0.1, 0.15) is 0 Å². The van der Waals surface area contributed by atoms with Gasteiger partial charge in [-0.05, 0) is 12.2 Å². The molecule has 0 radical (unpaired) electrons. The fourth-order valence-corrected chi connectivity index (χ4v) is 2.35. The monoisotopic (exact) mass is 231 g/mol. The van der Waals surface area contributed by atoms with E-state index in [0.29, 0.717) is 0 Å². The molecule has 0 aliphatic heterocycles. The van der Waals surface area contributed by atoms with E-state index >= 15 is 0 Å². The maximum Gasteiger partial charge on any atom is 0.0353 e. The number of pyridine rings is 1. The Morgan fingerprint density at radius 1 is 1.64 bits per heavy atom. The van der Waals surface area contributed by atoms with Gasteiger partial charge in [0.25, 0.3) is 0 Å². The molecule has 0 bridgehead atoms. The Balaban J connectivity index is 2.62. The van der Waals surface area contributed by atoms with Crippen molar-refractivity contribution in [3.8, 4) is 0 Å². The van der Waals surface area contributed by atoms with Crippen LogP contribution in [0.1, 0.15) is 13.3 Å². The van der Waals surface area contributed by atoms with E-state index < -0.39 is 0 Å². The molecule has 0 fully saturated rings. The number of rotatable bonds is 3. The molecule has 0 saturated heterocycles. The van der Waals surface area contributed by atoms with Gasteiger partial charge in [-0.3, -0.25) is 4.98 Å². The summed E-state index contributed by atoms with van der Waals surface area (Å²) in [5.74, 6) is 0. The van der Waals surface area contributed by atoms with Crippen molar-refractivity contribution in [2.45, 2.75) is 13.3 Å². The molecule has 1 aromatic rings. The zero-order chi connectivity index (χ0) is 8.10. The van der Waals surface area contributed by atoms with Gasteiger partial charge in [-0.2, -0.15) is 0 Å². The first-order valence-corrected chi connectivity index (χ1v) is 5.68. The van der Waals surface area contributed by atoms with E-state index in [0.717, 1.165) is 8.58 Å². The Bertz CT molecular complexity index is 227. The molecule has 1 aromatic heterocycles. The quantitative estimate of drug-likeness (QED) is 0.730. The van der Waals surface area contributed by atoms with Crippen LogP contribution < -0.4 is 5.30 Å². The Kier molecular flexibility index (Phi) is 4.03. The Morgan fingerprint density at radius 2 is 2.45 bits per heavy atom. The molecule has 0 amide bonds. The number of nitrogens with zero attached hydrogens (tertiary/aromatic N) is 1. The first-order valence-electron chi connectivity index (χ1n) is 3.68. The van der Waals surface area contributed by atoms with E-state index in [1.807, 2.05) is 18.5 Å². The summed E-state index contributed by atoms with van der Waals surface area (Å²) in [6.45, 7) is 2.21. The van der Waals surface area contributed by atoms with Crippen molar-refractivity contribution >= 4 is 29.8 Å². The summed E-state index contributed by atoms with van der Waals surface area (Å²) in [5, 5.41) is 1.34. The minimum absolute atomic E-state index is 0.894. The third-order valence-electron chi connectivity index (χ3n) is 1.33. The standard InChI is InChI=1S/C8H11BrNP/c1-2-5-11-8-6-10-4-3-7(8)9/h3-4,6,11H,2,5H2,1H3. The molecule has 0 spiro atoms. The Morgan fingerprint density at radius 3 is 3.09 bits per heavy atom. The predicted octanol–water partition coefficient (Wildman–Crippen LogP) is 2.56. The topological polar surface area (TPSA) is 12.9 Å². The van der Waals surface area contributed by atoms with Gasteiger partial charge >= 0.3 is 0 Å². The molecule has 3 heteroatoms. The largest absolute Gasteiger partial charge is 0.264 e. The average Bonchev–Trinajstić information content (AvgIpc) is 2.03. The fraction of sp³-hybridized carbons (Fsp3) is 0.375. The summed E-state index contributed by atoms with van der Waals surface area (Å²) in [6.07, 6.45) is 6.27. The van der Waals surface area contributed by atoms with Gasteiger partial charge in [0, 0.05) is 22.2 Å². The van der Waals surface area contributed by atoms with E-state index in [2.05, 4.69) is 27.8 Å². The molecular formula is C8H11BrNP. The van der Waals surface area contributed by atoms with Crippen LogP contribution in [0.25, 0.3) is 0 Å². The second-order valence-electron chi connectivity index (χ2n) is 2.28. The molecule has 1 nitrogen and oxygen atoms in total. The minimum atomic E-state index is 0.894. The molecule has 0 aromatic carbocycles. The molecule has 0 N–H and O–H groups in total. The summed E-state index contributed by atoms with van der Waals surface area (Å²) < 4.78 is 1.19. The van der Waals surface area contributed by atoms with Crippen molar-refractivity contribution in [1.29, 1.82) is 0 Å². The van der Waals surface area contributed by atoms with Crippen molar-refractivity contribution in [3.05, 3.63) is 22.9 Å². The lowest BCUT2D eigenvalue weighted by molar-refractivity contribution is 1.10. The lowest BCUT2D eigenvalue weighted by Crippen LogP contribution is -1.98. The van der Waals surface area contributed by atoms with Crippen molar-refractivity contribution in [1.82, 2.24) is 4.98 Å². The summed E-state index contributed by atoms with van der Waals surface area (Å²) in [5.41, 5.74) is 0. The number of aromatic nitrogens is 1. The highest BCUT2D eigenvalue weighted by Crippen LogP contribution is 2.17. The second kappa shape index (κ2) is 4.84. The van der Waals surface area contributed by atoms with Crippen LogP contribution in [0.3, 0.4) is 0 Å². The molecular weight excluding hydrogens is 221 g/mol. The van der Waals surface area contributed by atoms with Crippen LogP contribution in [0.5, 0.6) is 0 Å². The van der Waals surface area contributed by atoms with Gasteiger partial charge in [0.05, 0.1) is 0 Å². The third kappa shape index (κ3) is 2.88. The summed E-state index contributed by atoms with van der Waals surface area (Å²) in [6, 6.07) is 2.00. The van der Waals surface area contributed by atoms with Crippen LogP contribution in [0, 0.1) is 0 Å². The molecule has 60 valence electrons. The van der Waals surface area contributed by atoms with Crippen LogP contribution in [-0.2, 0) is 0 Å². The molecule has 1 unspecified atom stereocenters. The Hall–Kier alpha value is 0.0600. The van der Waals surface area contributed by atoms with Gasteiger partial charge in [-0.1, -0.05) is 37.9 Å². The number of halogens is 1. The van der Waals surface area contributed by atoms with E-state index in [4.69, 9.17) is 0 Å². The van der Waals surface area contributed by atoms with E-state index in [-0.39, 0.29) is 0 Å². The predicted molar refractivity (Wildman–Crippen MR) is 55.0 cm³/mol. The van der Waals surface area contributed by atoms with Crippen LogP contribution in [0.15, 0.2) is 22.9 Å². The molecule has 0 aliphatic carbocycles.